The summed E-state index contributed by atoms with van der Waals surface area (Å²) in [6.45, 7) is 1.82. The number of hydrogen-bond acceptors (Lipinski definition) is 7. The number of ether oxygens (including phenoxy) is 1. The SMILES string of the molecule is Cc1cccc(C(=O)Oc2ccc(/C=N\NC(=O)c3ccc(N(C)C)cc3)cc2[N+](=O)[O-])c1. The maximum atomic E-state index is 12.3. The minimum atomic E-state index is -0.698. The van der Waals surface area contributed by atoms with Gasteiger partial charge < -0.3 is 9.64 Å². The van der Waals surface area contributed by atoms with E-state index in [1.807, 2.05) is 32.0 Å². The number of nitrogens with one attached hydrogen (secondary N) is 1. The van der Waals surface area contributed by atoms with Crippen LogP contribution in [0.2, 0.25) is 0 Å². The lowest BCUT2D eigenvalue weighted by atomic mass is 10.1. The minimum Gasteiger partial charge on any atom is -0.416 e. The van der Waals surface area contributed by atoms with E-state index in [1.54, 1.807) is 42.5 Å². The molecule has 1 amide bonds. The Morgan fingerprint density at radius 3 is 2.39 bits per heavy atom. The van der Waals surface area contributed by atoms with E-state index >= 15 is 0 Å². The van der Waals surface area contributed by atoms with Gasteiger partial charge in [0, 0.05) is 37.0 Å². The third-order valence-corrected chi connectivity index (χ3v) is 4.66. The van der Waals surface area contributed by atoms with Crippen molar-refractivity contribution in [1.82, 2.24) is 5.43 Å². The number of aryl methyl sites for hydroxylation is 1. The van der Waals surface area contributed by atoms with Crippen molar-refractivity contribution in [3.8, 4) is 5.75 Å². The first-order valence-corrected chi connectivity index (χ1v) is 9.92. The monoisotopic (exact) mass is 446 g/mol. The number of benzene rings is 3. The van der Waals surface area contributed by atoms with Crippen LogP contribution in [0.25, 0.3) is 0 Å². The number of anilines is 1. The van der Waals surface area contributed by atoms with Crippen LogP contribution in [0.1, 0.15) is 31.8 Å². The van der Waals surface area contributed by atoms with Crippen LogP contribution in [-0.4, -0.2) is 37.1 Å². The highest BCUT2D eigenvalue weighted by Gasteiger charge is 2.19. The highest BCUT2D eigenvalue weighted by Crippen LogP contribution is 2.28. The number of carbonyl (C=O) groups is 2. The maximum Gasteiger partial charge on any atom is 0.343 e. The molecule has 3 rings (SSSR count). The molecule has 0 atom stereocenters. The first-order chi connectivity index (χ1) is 15.7. The minimum absolute atomic E-state index is 0.186. The molecule has 0 bridgehead atoms. The van der Waals surface area contributed by atoms with E-state index in [0.29, 0.717) is 11.1 Å². The topological polar surface area (TPSA) is 114 Å². The van der Waals surface area contributed by atoms with Gasteiger partial charge >= 0.3 is 11.7 Å². The van der Waals surface area contributed by atoms with Crippen LogP contribution < -0.4 is 15.1 Å². The number of esters is 1. The van der Waals surface area contributed by atoms with Crippen molar-refractivity contribution in [2.24, 2.45) is 5.10 Å². The number of nitrogens with zero attached hydrogens (tertiary/aromatic N) is 3. The summed E-state index contributed by atoms with van der Waals surface area (Å²) < 4.78 is 5.23. The van der Waals surface area contributed by atoms with E-state index in [2.05, 4.69) is 10.5 Å². The predicted molar refractivity (Wildman–Crippen MR) is 125 cm³/mol. The number of hydrazone groups is 1. The molecule has 0 radical (unpaired) electrons. The molecule has 0 spiro atoms. The fourth-order valence-corrected chi connectivity index (χ4v) is 2.92. The Kier molecular flexibility index (Phi) is 7.14. The zero-order valence-corrected chi connectivity index (χ0v) is 18.3. The van der Waals surface area contributed by atoms with Gasteiger partial charge in [-0.1, -0.05) is 17.7 Å². The van der Waals surface area contributed by atoms with Gasteiger partial charge in [-0.2, -0.15) is 5.10 Å². The van der Waals surface area contributed by atoms with Gasteiger partial charge in [-0.05, 0) is 55.5 Å². The van der Waals surface area contributed by atoms with E-state index in [4.69, 9.17) is 4.74 Å². The van der Waals surface area contributed by atoms with Gasteiger partial charge in [0.1, 0.15) is 0 Å². The lowest BCUT2D eigenvalue weighted by molar-refractivity contribution is -0.385. The summed E-state index contributed by atoms with van der Waals surface area (Å²) in [4.78, 5) is 37.3. The molecule has 3 aromatic rings. The first-order valence-electron chi connectivity index (χ1n) is 9.92. The van der Waals surface area contributed by atoms with E-state index in [0.717, 1.165) is 11.3 Å². The van der Waals surface area contributed by atoms with Gasteiger partial charge in [-0.3, -0.25) is 14.9 Å². The molecule has 1 N–H and O–H groups in total. The molecule has 168 valence electrons. The molecule has 0 saturated carbocycles. The molecule has 0 aliphatic carbocycles. The number of carbonyl (C=O) groups excluding carboxylic acids is 2. The van der Waals surface area contributed by atoms with E-state index in [1.165, 1.54) is 24.4 Å². The summed E-state index contributed by atoms with van der Waals surface area (Å²) in [5.74, 6) is -1.31. The summed E-state index contributed by atoms with van der Waals surface area (Å²) in [6, 6.07) is 17.7. The number of amides is 1. The Balaban J connectivity index is 1.70. The molecule has 9 nitrogen and oxygen atoms in total. The Hall–Kier alpha value is -4.53. The Bertz CT molecular complexity index is 1220. The van der Waals surface area contributed by atoms with Gasteiger partial charge in [-0.25, -0.2) is 10.2 Å². The van der Waals surface area contributed by atoms with E-state index in [9.17, 15) is 19.7 Å². The van der Waals surface area contributed by atoms with Gasteiger partial charge in [0.05, 0.1) is 16.7 Å². The molecule has 9 heteroatoms. The molecule has 0 aliphatic rings. The van der Waals surface area contributed by atoms with Crippen molar-refractivity contribution < 1.29 is 19.2 Å². The Labute approximate surface area is 190 Å². The van der Waals surface area contributed by atoms with E-state index in [-0.39, 0.29) is 11.3 Å². The summed E-state index contributed by atoms with van der Waals surface area (Å²) >= 11 is 0. The maximum absolute atomic E-state index is 12.3. The molecule has 33 heavy (non-hydrogen) atoms. The summed E-state index contributed by atoms with van der Waals surface area (Å²) in [6.07, 6.45) is 1.27. The quantitative estimate of drug-likeness (QED) is 0.193. The lowest BCUT2D eigenvalue weighted by Crippen LogP contribution is -2.18. The number of rotatable bonds is 7. The summed E-state index contributed by atoms with van der Waals surface area (Å²) in [5, 5.41) is 15.3. The van der Waals surface area contributed by atoms with Gasteiger partial charge in [-0.15, -0.1) is 0 Å². The molecule has 0 aromatic heterocycles. The molecule has 0 saturated heterocycles. The van der Waals surface area contributed by atoms with Crippen LogP contribution in [0.5, 0.6) is 5.75 Å². The highest BCUT2D eigenvalue weighted by molar-refractivity contribution is 5.95. The standard InChI is InChI=1S/C24H22N4O5/c1-16-5-4-6-19(13-16)24(30)33-22-12-7-17(14-21(22)28(31)32)15-25-26-23(29)18-8-10-20(11-9-18)27(2)3/h4-15H,1-3H3,(H,26,29)/b25-15-. The lowest BCUT2D eigenvalue weighted by Gasteiger charge is -2.12. The van der Waals surface area contributed by atoms with Crippen molar-refractivity contribution in [1.29, 1.82) is 0 Å². The number of nitro benzene ring substituents is 1. The van der Waals surface area contributed by atoms with Crippen LogP contribution in [0.4, 0.5) is 11.4 Å². The molecule has 0 aliphatic heterocycles. The molecular weight excluding hydrogens is 424 g/mol. The van der Waals surface area contributed by atoms with Crippen LogP contribution in [0, 0.1) is 17.0 Å². The third-order valence-electron chi connectivity index (χ3n) is 4.66. The average molecular weight is 446 g/mol. The summed E-state index contributed by atoms with van der Waals surface area (Å²) in [5.41, 5.74) is 4.85. The highest BCUT2D eigenvalue weighted by atomic mass is 16.6. The number of hydrogen-bond donors (Lipinski definition) is 1. The van der Waals surface area contributed by atoms with Crippen LogP contribution in [0.3, 0.4) is 0 Å². The van der Waals surface area contributed by atoms with Gasteiger partial charge in [0.25, 0.3) is 5.91 Å². The largest absolute Gasteiger partial charge is 0.416 e. The van der Waals surface area contributed by atoms with Crippen molar-refractivity contribution in [2.45, 2.75) is 6.92 Å². The Morgan fingerprint density at radius 1 is 1.03 bits per heavy atom. The predicted octanol–water partition coefficient (Wildman–Crippen LogP) is 3.95. The molecule has 3 aromatic carbocycles. The first kappa shape index (κ1) is 23.1. The van der Waals surface area contributed by atoms with Gasteiger partial charge in [0.15, 0.2) is 0 Å². The normalized spacial score (nSPS) is 10.6. The molecule has 0 heterocycles. The van der Waals surface area contributed by atoms with Gasteiger partial charge in [0.2, 0.25) is 5.75 Å². The van der Waals surface area contributed by atoms with Crippen molar-refractivity contribution in [3.63, 3.8) is 0 Å². The zero-order valence-electron chi connectivity index (χ0n) is 18.3. The second-order valence-corrected chi connectivity index (χ2v) is 7.38. The smallest absolute Gasteiger partial charge is 0.343 e. The van der Waals surface area contributed by atoms with E-state index < -0.39 is 22.5 Å². The Morgan fingerprint density at radius 2 is 1.76 bits per heavy atom. The van der Waals surface area contributed by atoms with Crippen molar-refractivity contribution in [2.75, 3.05) is 19.0 Å². The van der Waals surface area contributed by atoms with Crippen molar-refractivity contribution in [3.05, 3.63) is 99.1 Å². The fourth-order valence-electron chi connectivity index (χ4n) is 2.92. The zero-order chi connectivity index (χ0) is 24.0. The van der Waals surface area contributed by atoms with Crippen molar-refractivity contribution >= 4 is 29.5 Å². The molecule has 0 fully saturated rings. The fraction of sp³-hybridized carbons (Fsp3) is 0.125. The van der Waals surface area contributed by atoms with Crippen LogP contribution in [0.15, 0.2) is 71.8 Å². The van der Waals surface area contributed by atoms with Crippen LogP contribution >= 0.6 is 0 Å². The number of nitro groups is 1. The molecule has 0 unspecified atom stereocenters. The summed E-state index contributed by atoms with van der Waals surface area (Å²) in [7, 11) is 3.79. The third kappa shape index (κ3) is 6.01. The second kappa shape index (κ2) is 10.2. The average Bonchev–Trinajstić information content (AvgIpc) is 2.79. The van der Waals surface area contributed by atoms with Crippen LogP contribution in [-0.2, 0) is 0 Å². The second-order valence-electron chi connectivity index (χ2n) is 7.38. The molecular formula is C24H22N4O5.